The zero-order valence-corrected chi connectivity index (χ0v) is 13.5. The molecule has 1 aliphatic rings. The fourth-order valence-corrected chi connectivity index (χ4v) is 3.17. The second-order valence-corrected chi connectivity index (χ2v) is 6.60. The third kappa shape index (κ3) is 4.34. The van der Waals surface area contributed by atoms with Gasteiger partial charge in [-0.3, -0.25) is 0 Å². The molecule has 0 radical (unpaired) electrons. The summed E-state index contributed by atoms with van der Waals surface area (Å²) in [6.07, 6.45) is 8.09. The number of hydrogen-bond acceptors (Lipinski definition) is 1. The number of rotatable bonds is 8. The summed E-state index contributed by atoms with van der Waals surface area (Å²) in [6, 6.07) is 9.87. The van der Waals surface area contributed by atoms with Crippen molar-refractivity contribution in [2.75, 3.05) is 6.54 Å². The van der Waals surface area contributed by atoms with E-state index in [1.54, 1.807) is 0 Å². The van der Waals surface area contributed by atoms with Crippen LogP contribution in [0.25, 0.3) is 0 Å². The maximum Gasteiger partial charge on any atom is 0.00788 e. The number of aryl methyl sites for hydroxylation is 1. The monoisotopic (exact) mass is 273 g/mol. The van der Waals surface area contributed by atoms with Gasteiger partial charge >= 0.3 is 0 Å². The zero-order valence-electron chi connectivity index (χ0n) is 13.5. The van der Waals surface area contributed by atoms with Crippen LogP contribution < -0.4 is 5.32 Å². The molecule has 1 nitrogen and oxygen atoms in total. The molecular formula is C19H31N. The molecule has 0 aromatic heterocycles. The Morgan fingerprint density at radius 2 is 1.85 bits per heavy atom. The number of hydrogen-bond donors (Lipinski definition) is 1. The molecule has 112 valence electrons. The Morgan fingerprint density at radius 3 is 2.45 bits per heavy atom. The van der Waals surface area contributed by atoms with Crippen molar-refractivity contribution >= 4 is 0 Å². The van der Waals surface area contributed by atoms with Crippen LogP contribution in [0.15, 0.2) is 24.3 Å². The van der Waals surface area contributed by atoms with Crippen LogP contribution in [0.2, 0.25) is 0 Å². The lowest BCUT2D eigenvalue weighted by molar-refractivity contribution is 0.269. The molecule has 1 heteroatoms. The van der Waals surface area contributed by atoms with E-state index in [4.69, 9.17) is 0 Å². The van der Waals surface area contributed by atoms with Crippen LogP contribution in [-0.4, -0.2) is 12.6 Å². The van der Waals surface area contributed by atoms with Crippen molar-refractivity contribution in [3.63, 3.8) is 0 Å². The molecule has 2 rings (SSSR count). The van der Waals surface area contributed by atoms with Crippen molar-refractivity contribution in [2.24, 2.45) is 5.92 Å². The molecule has 1 fully saturated rings. The van der Waals surface area contributed by atoms with Gasteiger partial charge in [-0.2, -0.15) is 0 Å². The second kappa shape index (κ2) is 7.83. The van der Waals surface area contributed by atoms with Crippen LogP contribution >= 0.6 is 0 Å². The average molecular weight is 273 g/mol. The Labute approximate surface area is 125 Å². The summed E-state index contributed by atoms with van der Waals surface area (Å²) >= 11 is 0. The van der Waals surface area contributed by atoms with Gasteiger partial charge < -0.3 is 5.32 Å². The van der Waals surface area contributed by atoms with Crippen molar-refractivity contribution in [3.05, 3.63) is 35.4 Å². The molecule has 1 aromatic carbocycles. The Balaban J connectivity index is 1.67. The molecule has 1 saturated carbocycles. The third-order valence-corrected chi connectivity index (χ3v) is 4.93. The first-order valence-electron chi connectivity index (χ1n) is 8.52. The van der Waals surface area contributed by atoms with Crippen molar-refractivity contribution in [2.45, 2.75) is 71.3 Å². The molecule has 0 aliphatic heterocycles. The lowest BCUT2D eigenvalue weighted by Gasteiger charge is -2.37. The first-order chi connectivity index (χ1) is 9.72. The van der Waals surface area contributed by atoms with Gasteiger partial charge in [0.15, 0.2) is 0 Å². The quantitative estimate of drug-likeness (QED) is 0.699. The minimum atomic E-state index is 0.761. The van der Waals surface area contributed by atoms with E-state index in [0.29, 0.717) is 0 Å². The first kappa shape index (κ1) is 15.6. The summed E-state index contributed by atoms with van der Waals surface area (Å²) in [6.45, 7) is 8.01. The van der Waals surface area contributed by atoms with Gasteiger partial charge in [-0.05, 0) is 50.1 Å². The molecular weight excluding hydrogens is 242 g/mol. The highest BCUT2D eigenvalue weighted by Crippen LogP contribution is 2.37. The van der Waals surface area contributed by atoms with Gasteiger partial charge in [-0.25, -0.2) is 0 Å². The van der Waals surface area contributed by atoms with Crippen LogP contribution in [0.5, 0.6) is 0 Å². The molecule has 1 atom stereocenters. The predicted octanol–water partition coefficient (Wildman–Crippen LogP) is 5.05. The van der Waals surface area contributed by atoms with E-state index in [-0.39, 0.29) is 0 Å². The smallest absolute Gasteiger partial charge is 0.00788 e. The Morgan fingerprint density at radius 1 is 1.15 bits per heavy atom. The van der Waals surface area contributed by atoms with E-state index in [0.717, 1.165) is 17.9 Å². The topological polar surface area (TPSA) is 12.0 Å². The van der Waals surface area contributed by atoms with Crippen molar-refractivity contribution < 1.29 is 0 Å². The molecule has 1 unspecified atom stereocenters. The number of nitrogens with one attached hydrogen (secondary N) is 1. The Hall–Kier alpha value is -0.820. The molecule has 0 heterocycles. The van der Waals surface area contributed by atoms with Gasteiger partial charge in [0.05, 0.1) is 0 Å². The van der Waals surface area contributed by atoms with E-state index in [9.17, 15) is 0 Å². The fraction of sp³-hybridized carbons (Fsp3) is 0.684. The largest absolute Gasteiger partial charge is 0.314 e. The Bertz CT molecular complexity index is 375. The van der Waals surface area contributed by atoms with E-state index in [1.165, 1.54) is 56.2 Å². The predicted molar refractivity (Wildman–Crippen MR) is 88.3 cm³/mol. The van der Waals surface area contributed by atoms with Gasteiger partial charge in [0.25, 0.3) is 0 Å². The van der Waals surface area contributed by atoms with Crippen LogP contribution in [0.4, 0.5) is 0 Å². The van der Waals surface area contributed by atoms with E-state index >= 15 is 0 Å². The molecule has 20 heavy (non-hydrogen) atoms. The summed E-state index contributed by atoms with van der Waals surface area (Å²) in [4.78, 5) is 0. The molecule has 0 spiro atoms. The lowest BCUT2D eigenvalue weighted by Crippen LogP contribution is -2.42. The maximum atomic E-state index is 3.79. The fourth-order valence-electron chi connectivity index (χ4n) is 3.17. The van der Waals surface area contributed by atoms with Gasteiger partial charge in [0.1, 0.15) is 0 Å². The van der Waals surface area contributed by atoms with Gasteiger partial charge in [0.2, 0.25) is 0 Å². The second-order valence-electron chi connectivity index (χ2n) is 6.60. The standard InChI is InChI=1S/C19H31N/c1-4-6-7-16(5-2)14-20-19-12-18(13-19)17-10-8-15(3)9-11-17/h8-11,16,18-20H,4-7,12-14H2,1-3H3. The number of unbranched alkanes of at least 4 members (excludes halogenated alkanes) is 1. The van der Waals surface area contributed by atoms with E-state index < -0.39 is 0 Å². The highest BCUT2D eigenvalue weighted by atomic mass is 14.9. The number of benzene rings is 1. The lowest BCUT2D eigenvalue weighted by atomic mass is 9.75. The van der Waals surface area contributed by atoms with Gasteiger partial charge in [-0.15, -0.1) is 0 Å². The summed E-state index contributed by atoms with van der Waals surface area (Å²) in [5, 5.41) is 3.79. The van der Waals surface area contributed by atoms with Crippen LogP contribution in [0.1, 0.15) is 69.4 Å². The maximum absolute atomic E-state index is 3.79. The molecule has 0 saturated heterocycles. The van der Waals surface area contributed by atoms with Crippen LogP contribution in [-0.2, 0) is 0 Å². The summed E-state index contributed by atoms with van der Waals surface area (Å²) in [5.41, 5.74) is 2.90. The summed E-state index contributed by atoms with van der Waals surface area (Å²) in [7, 11) is 0. The molecule has 1 aromatic rings. The zero-order chi connectivity index (χ0) is 14.4. The SMILES string of the molecule is CCCCC(CC)CNC1CC(c2ccc(C)cc2)C1. The summed E-state index contributed by atoms with van der Waals surface area (Å²) < 4.78 is 0. The molecule has 0 bridgehead atoms. The minimum absolute atomic E-state index is 0.761. The highest BCUT2D eigenvalue weighted by molar-refractivity contribution is 5.26. The van der Waals surface area contributed by atoms with Crippen LogP contribution in [0.3, 0.4) is 0 Å². The molecule has 0 amide bonds. The minimum Gasteiger partial charge on any atom is -0.314 e. The van der Waals surface area contributed by atoms with Crippen LogP contribution in [0, 0.1) is 12.8 Å². The third-order valence-electron chi connectivity index (χ3n) is 4.93. The highest BCUT2D eigenvalue weighted by Gasteiger charge is 2.29. The van der Waals surface area contributed by atoms with Gasteiger partial charge in [-0.1, -0.05) is 62.9 Å². The Kier molecular flexibility index (Phi) is 6.09. The van der Waals surface area contributed by atoms with Crippen molar-refractivity contribution in [3.8, 4) is 0 Å². The van der Waals surface area contributed by atoms with Crippen molar-refractivity contribution in [1.82, 2.24) is 5.32 Å². The van der Waals surface area contributed by atoms with E-state index in [2.05, 4.69) is 50.4 Å². The van der Waals surface area contributed by atoms with E-state index in [1.807, 2.05) is 0 Å². The first-order valence-corrected chi connectivity index (χ1v) is 8.52. The average Bonchev–Trinajstić information content (AvgIpc) is 2.42. The molecule has 1 N–H and O–H groups in total. The normalized spacial score (nSPS) is 23.4. The van der Waals surface area contributed by atoms with Crippen molar-refractivity contribution in [1.29, 1.82) is 0 Å². The summed E-state index contributed by atoms with van der Waals surface area (Å²) in [5.74, 6) is 1.68. The molecule has 1 aliphatic carbocycles. The van der Waals surface area contributed by atoms with Gasteiger partial charge in [0, 0.05) is 6.04 Å².